The van der Waals surface area contributed by atoms with Gasteiger partial charge in [-0.1, -0.05) is 18.2 Å². The predicted octanol–water partition coefficient (Wildman–Crippen LogP) is 1.87. The Balaban J connectivity index is 1.55. The van der Waals surface area contributed by atoms with Crippen LogP contribution < -0.4 is 15.5 Å². The second-order valence-electron chi connectivity index (χ2n) is 6.81. The Morgan fingerprint density at radius 3 is 2.73 bits per heavy atom. The number of nitrogens with one attached hydrogen (secondary N) is 2. The van der Waals surface area contributed by atoms with Crippen LogP contribution in [0.15, 0.2) is 35.3 Å². The first-order chi connectivity index (χ1) is 12.7. The molecule has 0 radical (unpaired) electrons. The van der Waals surface area contributed by atoms with Crippen molar-refractivity contribution in [3.05, 3.63) is 30.3 Å². The van der Waals surface area contributed by atoms with Gasteiger partial charge in [-0.3, -0.25) is 9.79 Å². The molecule has 1 amide bonds. The fraction of sp³-hybridized carbons (Fsp3) is 0.579. The molecule has 2 aliphatic heterocycles. The van der Waals surface area contributed by atoms with Crippen molar-refractivity contribution in [1.29, 1.82) is 0 Å². The molecule has 6 nitrogen and oxygen atoms in total. The van der Waals surface area contributed by atoms with Crippen LogP contribution in [0.4, 0.5) is 5.69 Å². The topological polar surface area (TPSA) is 66.0 Å². The molecule has 0 spiro atoms. The first-order valence-corrected chi connectivity index (χ1v) is 10.3. The third-order valence-electron chi connectivity index (χ3n) is 5.17. The number of carbonyl (C=O) groups is 1. The average Bonchev–Trinajstić information content (AvgIpc) is 3.06. The minimum absolute atomic E-state index is 0.0637. The van der Waals surface area contributed by atoms with Gasteiger partial charge in [0.2, 0.25) is 5.91 Å². The van der Waals surface area contributed by atoms with Gasteiger partial charge in [0.05, 0.1) is 6.04 Å². The Morgan fingerprint density at radius 2 is 2.08 bits per heavy atom. The van der Waals surface area contributed by atoms with Crippen molar-refractivity contribution in [2.24, 2.45) is 4.99 Å². The van der Waals surface area contributed by atoms with Gasteiger partial charge in [-0.2, -0.15) is 11.8 Å². The number of nitrogens with zero attached hydrogens (tertiary/aromatic N) is 2. The van der Waals surface area contributed by atoms with E-state index in [4.69, 9.17) is 4.74 Å². The molecule has 0 aromatic heterocycles. The van der Waals surface area contributed by atoms with E-state index in [2.05, 4.69) is 21.9 Å². The molecule has 142 valence electrons. The standard InChI is InChI=1S/C19H28N4O2S/c1-20-18(21-14-19(26-2)8-10-25-11-9-19)22-15-12-17(24)23(13-15)16-6-4-3-5-7-16/h3-7,15H,8-14H2,1-2H3,(H2,20,21,22). The second kappa shape index (κ2) is 8.77. The van der Waals surface area contributed by atoms with Crippen LogP contribution in [0.25, 0.3) is 0 Å². The zero-order valence-electron chi connectivity index (χ0n) is 15.5. The summed E-state index contributed by atoms with van der Waals surface area (Å²) in [6.45, 7) is 3.14. The number of benzene rings is 1. The number of guanidine groups is 1. The van der Waals surface area contributed by atoms with Gasteiger partial charge < -0.3 is 20.3 Å². The van der Waals surface area contributed by atoms with Gasteiger partial charge in [0, 0.05) is 50.2 Å². The van der Waals surface area contributed by atoms with Gasteiger partial charge in [0.25, 0.3) is 0 Å². The molecule has 7 heteroatoms. The summed E-state index contributed by atoms with van der Waals surface area (Å²) in [5.74, 6) is 0.909. The van der Waals surface area contributed by atoms with Crippen molar-refractivity contribution in [1.82, 2.24) is 10.6 Å². The summed E-state index contributed by atoms with van der Waals surface area (Å²) in [6.07, 6.45) is 4.73. The highest BCUT2D eigenvalue weighted by Crippen LogP contribution is 2.33. The highest BCUT2D eigenvalue weighted by Gasteiger charge is 2.33. The Kier molecular flexibility index (Phi) is 6.43. The minimum Gasteiger partial charge on any atom is -0.381 e. The molecule has 26 heavy (non-hydrogen) atoms. The van der Waals surface area contributed by atoms with E-state index in [1.54, 1.807) is 7.05 Å². The van der Waals surface area contributed by atoms with Crippen LogP contribution in [0, 0.1) is 0 Å². The summed E-state index contributed by atoms with van der Waals surface area (Å²) in [4.78, 5) is 18.6. The molecule has 2 heterocycles. The van der Waals surface area contributed by atoms with Crippen LogP contribution in [0.2, 0.25) is 0 Å². The van der Waals surface area contributed by atoms with Gasteiger partial charge in [-0.25, -0.2) is 0 Å². The lowest BCUT2D eigenvalue weighted by molar-refractivity contribution is -0.117. The van der Waals surface area contributed by atoms with E-state index in [1.165, 1.54) is 0 Å². The molecule has 1 atom stereocenters. The van der Waals surface area contributed by atoms with Crippen molar-refractivity contribution in [3.63, 3.8) is 0 Å². The van der Waals surface area contributed by atoms with Crippen molar-refractivity contribution < 1.29 is 9.53 Å². The van der Waals surface area contributed by atoms with Crippen LogP contribution in [-0.4, -0.2) is 62.3 Å². The third-order valence-corrected chi connectivity index (χ3v) is 6.59. The van der Waals surface area contributed by atoms with Gasteiger partial charge in [-0.15, -0.1) is 0 Å². The number of rotatable bonds is 5. The Labute approximate surface area is 159 Å². The molecule has 0 aliphatic carbocycles. The van der Waals surface area contributed by atoms with E-state index < -0.39 is 0 Å². The van der Waals surface area contributed by atoms with Crippen molar-refractivity contribution in [2.45, 2.75) is 30.1 Å². The monoisotopic (exact) mass is 376 g/mol. The number of hydrogen-bond donors (Lipinski definition) is 2. The lowest BCUT2D eigenvalue weighted by atomic mass is 9.99. The van der Waals surface area contributed by atoms with Gasteiger partial charge in [0.15, 0.2) is 5.96 Å². The quantitative estimate of drug-likeness (QED) is 0.607. The smallest absolute Gasteiger partial charge is 0.229 e. The Morgan fingerprint density at radius 1 is 1.35 bits per heavy atom. The molecular weight excluding hydrogens is 348 g/mol. The van der Waals surface area contributed by atoms with Gasteiger partial charge in [-0.05, 0) is 31.2 Å². The van der Waals surface area contributed by atoms with Crippen LogP contribution >= 0.6 is 11.8 Å². The predicted molar refractivity (Wildman–Crippen MR) is 108 cm³/mol. The van der Waals surface area contributed by atoms with Crippen molar-refractivity contribution in [2.75, 3.05) is 44.5 Å². The maximum atomic E-state index is 12.4. The number of para-hydroxylation sites is 1. The fourth-order valence-corrected chi connectivity index (χ4v) is 4.28. The van der Waals surface area contributed by atoms with E-state index in [-0.39, 0.29) is 16.7 Å². The zero-order chi connectivity index (χ0) is 18.4. The maximum absolute atomic E-state index is 12.4. The maximum Gasteiger partial charge on any atom is 0.229 e. The Bertz CT molecular complexity index is 632. The minimum atomic E-state index is 0.0637. The fourth-order valence-electron chi connectivity index (χ4n) is 3.49. The lowest BCUT2D eigenvalue weighted by Crippen LogP contribution is -2.50. The SMILES string of the molecule is CN=C(NCC1(SC)CCOCC1)NC1CC(=O)N(c2ccccc2)C1. The highest BCUT2D eigenvalue weighted by molar-refractivity contribution is 8.00. The Hall–Kier alpha value is -1.73. The second-order valence-corrected chi connectivity index (χ2v) is 8.08. The van der Waals surface area contributed by atoms with Crippen molar-refractivity contribution >= 4 is 29.3 Å². The molecule has 0 saturated carbocycles. The molecule has 1 aromatic carbocycles. The summed E-state index contributed by atoms with van der Waals surface area (Å²) in [6, 6.07) is 9.89. The molecule has 1 aromatic rings. The van der Waals surface area contributed by atoms with Crippen LogP contribution in [0.3, 0.4) is 0 Å². The molecule has 2 fully saturated rings. The normalized spacial score (nSPS) is 23.2. The molecular formula is C19H28N4O2S. The summed E-state index contributed by atoms with van der Waals surface area (Å²) in [5, 5.41) is 6.87. The zero-order valence-corrected chi connectivity index (χ0v) is 16.3. The molecule has 0 bridgehead atoms. The largest absolute Gasteiger partial charge is 0.381 e. The number of thioether (sulfide) groups is 1. The van der Waals surface area contributed by atoms with Crippen molar-refractivity contribution in [3.8, 4) is 0 Å². The first-order valence-electron chi connectivity index (χ1n) is 9.11. The summed E-state index contributed by atoms with van der Waals surface area (Å²) in [7, 11) is 1.77. The average molecular weight is 377 g/mol. The van der Waals surface area contributed by atoms with Crippen LogP contribution in [0.1, 0.15) is 19.3 Å². The van der Waals surface area contributed by atoms with E-state index in [9.17, 15) is 4.79 Å². The van der Waals surface area contributed by atoms with E-state index >= 15 is 0 Å². The third kappa shape index (κ3) is 4.51. The van der Waals surface area contributed by atoms with E-state index in [1.807, 2.05) is 47.0 Å². The number of hydrogen-bond acceptors (Lipinski definition) is 4. The van der Waals surface area contributed by atoms with Gasteiger partial charge in [0.1, 0.15) is 0 Å². The van der Waals surface area contributed by atoms with E-state index in [0.29, 0.717) is 13.0 Å². The van der Waals surface area contributed by atoms with Crippen LogP contribution in [0.5, 0.6) is 0 Å². The summed E-state index contributed by atoms with van der Waals surface area (Å²) in [5.41, 5.74) is 0.952. The number of amides is 1. The molecule has 2 aliphatic rings. The highest BCUT2D eigenvalue weighted by atomic mass is 32.2. The first kappa shape index (κ1) is 19.0. The number of ether oxygens (including phenoxy) is 1. The molecule has 3 rings (SSSR count). The number of anilines is 1. The van der Waals surface area contributed by atoms with E-state index in [0.717, 1.165) is 44.2 Å². The molecule has 2 saturated heterocycles. The number of carbonyl (C=O) groups excluding carboxylic acids is 1. The molecule has 2 N–H and O–H groups in total. The van der Waals surface area contributed by atoms with Crippen LogP contribution in [-0.2, 0) is 9.53 Å². The summed E-state index contributed by atoms with van der Waals surface area (Å²) < 4.78 is 5.69. The lowest BCUT2D eigenvalue weighted by Gasteiger charge is -2.36. The number of aliphatic imine (C=N–C) groups is 1. The van der Waals surface area contributed by atoms with Gasteiger partial charge >= 0.3 is 0 Å². The molecule has 1 unspecified atom stereocenters. The summed E-state index contributed by atoms with van der Waals surface area (Å²) >= 11 is 1.90.